The topological polar surface area (TPSA) is 52.3 Å². The van der Waals surface area contributed by atoms with E-state index in [-0.39, 0.29) is 5.30 Å². The Morgan fingerprint density at radius 1 is 1.36 bits per heavy atom. The highest BCUT2D eigenvalue weighted by Crippen LogP contribution is 2.07. The van der Waals surface area contributed by atoms with E-state index in [1.165, 1.54) is 0 Å². The molecule has 76 valence electrons. The first-order chi connectivity index (χ1) is 6.83. The van der Waals surface area contributed by atoms with Gasteiger partial charge in [0.15, 0.2) is 0 Å². The van der Waals surface area contributed by atoms with E-state index in [0.717, 1.165) is 17.3 Å². The Kier molecular flexibility index (Phi) is 5.11. The molecule has 0 unspecified atom stereocenters. The van der Waals surface area contributed by atoms with Crippen molar-refractivity contribution in [2.45, 2.75) is 6.61 Å². The molecule has 0 saturated carbocycles. The van der Waals surface area contributed by atoms with Gasteiger partial charge in [-0.15, -0.1) is 0 Å². The van der Waals surface area contributed by atoms with Crippen LogP contribution in [0.15, 0.2) is 30.3 Å². The minimum atomic E-state index is -0.265. The first-order valence-corrected chi connectivity index (χ1v) is 5.35. The number of hydrogen-bond donors (Lipinski definition) is 1. The lowest BCUT2D eigenvalue weighted by molar-refractivity contribution is 0.169. The molecule has 0 saturated heterocycles. The van der Waals surface area contributed by atoms with Crippen molar-refractivity contribution in [2.24, 2.45) is 5.73 Å². The van der Waals surface area contributed by atoms with Crippen LogP contribution in [0.2, 0.25) is 0 Å². The second-order valence-electron chi connectivity index (χ2n) is 2.66. The van der Waals surface area contributed by atoms with E-state index in [9.17, 15) is 4.79 Å². The van der Waals surface area contributed by atoms with Crippen LogP contribution in [0, 0.1) is 0 Å². The molecule has 0 aliphatic heterocycles. The summed E-state index contributed by atoms with van der Waals surface area (Å²) in [4.78, 5) is 11.1. The molecule has 0 radical (unpaired) electrons. The van der Waals surface area contributed by atoms with Gasteiger partial charge in [-0.05, 0) is 17.3 Å². The first-order valence-electron chi connectivity index (χ1n) is 4.36. The van der Waals surface area contributed by atoms with Crippen LogP contribution in [0.4, 0.5) is 4.79 Å². The predicted octanol–water partition coefficient (Wildman–Crippen LogP) is 2.02. The number of benzene rings is 1. The van der Waals surface area contributed by atoms with Crippen molar-refractivity contribution < 1.29 is 9.53 Å². The third-order valence-electron chi connectivity index (χ3n) is 1.54. The molecule has 4 heteroatoms. The maximum Gasteiger partial charge on any atom is 0.367 e. The molecular formula is C10H13NO2S. The van der Waals surface area contributed by atoms with Crippen molar-refractivity contribution in [3.63, 3.8) is 0 Å². The van der Waals surface area contributed by atoms with Gasteiger partial charge in [0.1, 0.15) is 6.61 Å². The fourth-order valence-corrected chi connectivity index (χ4v) is 1.33. The fourth-order valence-electron chi connectivity index (χ4n) is 0.900. The maximum atomic E-state index is 11.1. The molecule has 0 aliphatic rings. The molecule has 1 rings (SSSR count). The van der Waals surface area contributed by atoms with Crippen LogP contribution in [-0.2, 0) is 11.3 Å². The predicted molar refractivity (Wildman–Crippen MR) is 58.1 cm³/mol. The molecule has 0 spiro atoms. The zero-order valence-corrected chi connectivity index (χ0v) is 8.63. The summed E-state index contributed by atoms with van der Waals surface area (Å²) in [5, 5.41) is -0.265. The van der Waals surface area contributed by atoms with Gasteiger partial charge in [0.2, 0.25) is 0 Å². The van der Waals surface area contributed by atoms with Crippen molar-refractivity contribution in [1.82, 2.24) is 0 Å². The van der Waals surface area contributed by atoms with E-state index in [0.29, 0.717) is 18.9 Å². The maximum absolute atomic E-state index is 11.1. The van der Waals surface area contributed by atoms with Crippen LogP contribution in [0.25, 0.3) is 0 Å². The van der Waals surface area contributed by atoms with E-state index in [2.05, 4.69) is 0 Å². The van der Waals surface area contributed by atoms with Gasteiger partial charge in [-0.2, -0.15) is 0 Å². The summed E-state index contributed by atoms with van der Waals surface area (Å²) in [5.41, 5.74) is 6.25. The van der Waals surface area contributed by atoms with Crippen molar-refractivity contribution in [3.8, 4) is 0 Å². The zero-order chi connectivity index (χ0) is 10.2. The highest BCUT2D eigenvalue weighted by atomic mass is 32.2. The summed E-state index contributed by atoms with van der Waals surface area (Å²) in [7, 11) is 0. The molecule has 0 aromatic heterocycles. The van der Waals surface area contributed by atoms with Crippen LogP contribution in [0.5, 0.6) is 0 Å². The zero-order valence-electron chi connectivity index (χ0n) is 7.81. The summed E-state index contributed by atoms with van der Waals surface area (Å²) < 4.78 is 5.00. The molecule has 1 aromatic rings. The molecule has 0 bridgehead atoms. The van der Waals surface area contributed by atoms with Gasteiger partial charge < -0.3 is 10.5 Å². The highest BCUT2D eigenvalue weighted by molar-refractivity contribution is 8.13. The number of carbonyl (C=O) groups excluding carboxylic acids is 1. The normalized spacial score (nSPS) is 9.79. The Hall–Kier alpha value is -1.00. The summed E-state index contributed by atoms with van der Waals surface area (Å²) >= 11 is 1.11. The van der Waals surface area contributed by atoms with Gasteiger partial charge in [0.05, 0.1) is 0 Å². The van der Waals surface area contributed by atoms with Crippen LogP contribution < -0.4 is 5.73 Å². The summed E-state index contributed by atoms with van der Waals surface area (Å²) in [6, 6.07) is 9.59. The standard InChI is InChI=1S/C10H13NO2S/c11-6-7-14-10(12)13-8-9-4-2-1-3-5-9/h1-5H,6-8,11H2. The van der Waals surface area contributed by atoms with E-state index in [1.807, 2.05) is 30.3 Å². The third kappa shape index (κ3) is 4.30. The number of nitrogens with two attached hydrogens (primary N) is 1. The lowest BCUT2D eigenvalue weighted by Gasteiger charge is -2.03. The summed E-state index contributed by atoms with van der Waals surface area (Å²) in [6.45, 7) is 0.822. The number of thioether (sulfide) groups is 1. The average Bonchev–Trinajstić information content (AvgIpc) is 2.25. The Morgan fingerprint density at radius 2 is 2.07 bits per heavy atom. The van der Waals surface area contributed by atoms with Crippen molar-refractivity contribution >= 4 is 17.1 Å². The lowest BCUT2D eigenvalue weighted by atomic mass is 10.2. The van der Waals surface area contributed by atoms with Crippen LogP contribution in [0.1, 0.15) is 5.56 Å². The van der Waals surface area contributed by atoms with Gasteiger partial charge in [0, 0.05) is 12.3 Å². The minimum Gasteiger partial charge on any atom is -0.453 e. The van der Waals surface area contributed by atoms with E-state index in [1.54, 1.807) is 0 Å². The molecule has 14 heavy (non-hydrogen) atoms. The van der Waals surface area contributed by atoms with Gasteiger partial charge in [0.25, 0.3) is 0 Å². The van der Waals surface area contributed by atoms with Crippen LogP contribution >= 0.6 is 11.8 Å². The summed E-state index contributed by atoms with van der Waals surface area (Å²) in [5.74, 6) is 0.605. The van der Waals surface area contributed by atoms with Crippen molar-refractivity contribution in [1.29, 1.82) is 0 Å². The Labute approximate surface area is 87.6 Å². The minimum absolute atomic E-state index is 0.265. The van der Waals surface area contributed by atoms with Gasteiger partial charge in [-0.3, -0.25) is 0 Å². The molecular weight excluding hydrogens is 198 g/mol. The second-order valence-corrected chi connectivity index (χ2v) is 3.69. The quantitative estimate of drug-likeness (QED) is 0.774. The molecule has 2 N–H and O–H groups in total. The molecule has 0 amide bonds. The van der Waals surface area contributed by atoms with E-state index < -0.39 is 0 Å². The van der Waals surface area contributed by atoms with Gasteiger partial charge in [-0.25, -0.2) is 4.79 Å². The Balaban J connectivity index is 2.24. The van der Waals surface area contributed by atoms with Crippen LogP contribution in [0.3, 0.4) is 0 Å². The third-order valence-corrected chi connectivity index (χ3v) is 2.33. The molecule has 1 aromatic carbocycles. The largest absolute Gasteiger partial charge is 0.453 e. The molecule has 3 nitrogen and oxygen atoms in total. The molecule has 0 atom stereocenters. The summed E-state index contributed by atoms with van der Waals surface area (Å²) in [6.07, 6.45) is 0. The van der Waals surface area contributed by atoms with Gasteiger partial charge in [-0.1, -0.05) is 30.3 Å². The molecule has 0 fully saturated rings. The first kappa shape index (κ1) is 11.1. The van der Waals surface area contributed by atoms with E-state index in [4.69, 9.17) is 10.5 Å². The number of ether oxygens (including phenoxy) is 1. The smallest absolute Gasteiger partial charge is 0.367 e. The van der Waals surface area contributed by atoms with E-state index >= 15 is 0 Å². The van der Waals surface area contributed by atoms with Crippen LogP contribution in [-0.4, -0.2) is 17.6 Å². The lowest BCUT2D eigenvalue weighted by Crippen LogP contribution is -2.05. The SMILES string of the molecule is NCCSC(=O)OCc1ccccc1. The van der Waals surface area contributed by atoms with Gasteiger partial charge >= 0.3 is 5.30 Å². The average molecular weight is 211 g/mol. The Bertz CT molecular complexity index is 277. The fraction of sp³-hybridized carbons (Fsp3) is 0.300. The van der Waals surface area contributed by atoms with Crippen molar-refractivity contribution in [3.05, 3.63) is 35.9 Å². The second kappa shape index (κ2) is 6.45. The number of carbonyl (C=O) groups is 1. The molecule has 0 heterocycles. The number of rotatable bonds is 4. The monoisotopic (exact) mass is 211 g/mol. The number of hydrogen-bond acceptors (Lipinski definition) is 4. The highest BCUT2D eigenvalue weighted by Gasteiger charge is 2.02. The molecule has 0 aliphatic carbocycles. The Morgan fingerprint density at radius 3 is 2.71 bits per heavy atom. The van der Waals surface area contributed by atoms with Crippen molar-refractivity contribution in [2.75, 3.05) is 12.3 Å².